The minimum Gasteiger partial charge on any atom is -0.338 e. The van der Waals surface area contributed by atoms with E-state index < -0.39 is 0 Å². The molecule has 14 heavy (non-hydrogen) atoms. The zero-order chi connectivity index (χ0) is 10.6. The van der Waals surface area contributed by atoms with E-state index in [9.17, 15) is 4.79 Å². The Bertz CT molecular complexity index is 283. The van der Waals surface area contributed by atoms with Crippen LogP contribution in [0.5, 0.6) is 0 Å². The lowest BCUT2D eigenvalue weighted by molar-refractivity contribution is -0.134. The van der Waals surface area contributed by atoms with Crippen molar-refractivity contribution in [3.8, 4) is 0 Å². The highest BCUT2D eigenvalue weighted by molar-refractivity contribution is 5.78. The van der Waals surface area contributed by atoms with Gasteiger partial charge in [0.2, 0.25) is 5.91 Å². The standard InChI is InChI=1S/C9H16N4O/c1-4-7(2)9(14)13(3)5-8-10-6-11-12-8/h6-7H,4-5H2,1-3H3,(H,10,11,12). The first-order valence-electron chi connectivity index (χ1n) is 4.74. The number of carbonyl (C=O) groups is 1. The Morgan fingerprint density at radius 3 is 2.93 bits per heavy atom. The molecule has 0 aliphatic heterocycles. The average Bonchev–Trinajstić information content (AvgIpc) is 2.68. The third kappa shape index (κ3) is 2.55. The van der Waals surface area contributed by atoms with E-state index in [1.165, 1.54) is 6.33 Å². The molecule has 0 aromatic carbocycles. The fraction of sp³-hybridized carbons (Fsp3) is 0.667. The van der Waals surface area contributed by atoms with Crippen molar-refractivity contribution in [1.29, 1.82) is 0 Å². The van der Waals surface area contributed by atoms with E-state index in [4.69, 9.17) is 0 Å². The monoisotopic (exact) mass is 196 g/mol. The van der Waals surface area contributed by atoms with Crippen LogP contribution in [0, 0.1) is 5.92 Å². The number of aromatic amines is 1. The molecule has 0 bridgehead atoms. The summed E-state index contributed by atoms with van der Waals surface area (Å²) in [7, 11) is 1.77. The highest BCUT2D eigenvalue weighted by atomic mass is 16.2. The molecule has 0 radical (unpaired) electrons. The molecule has 0 aliphatic carbocycles. The third-order valence-electron chi connectivity index (χ3n) is 2.26. The van der Waals surface area contributed by atoms with E-state index in [1.807, 2.05) is 13.8 Å². The number of aromatic nitrogens is 3. The van der Waals surface area contributed by atoms with Crippen LogP contribution in [0.15, 0.2) is 6.33 Å². The van der Waals surface area contributed by atoms with Gasteiger partial charge in [0.25, 0.3) is 0 Å². The quantitative estimate of drug-likeness (QED) is 0.775. The van der Waals surface area contributed by atoms with Gasteiger partial charge in [-0.3, -0.25) is 9.89 Å². The van der Waals surface area contributed by atoms with Crippen molar-refractivity contribution in [3.63, 3.8) is 0 Å². The van der Waals surface area contributed by atoms with Gasteiger partial charge < -0.3 is 4.90 Å². The molecule has 0 spiro atoms. The molecule has 78 valence electrons. The van der Waals surface area contributed by atoms with Gasteiger partial charge in [-0.2, -0.15) is 5.10 Å². The lowest BCUT2D eigenvalue weighted by atomic mass is 10.1. The fourth-order valence-electron chi connectivity index (χ4n) is 1.16. The van der Waals surface area contributed by atoms with E-state index in [0.717, 1.165) is 6.42 Å². The zero-order valence-electron chi connectivity index (χ0n) is 8.82. The van der Waals surface area contributed by atoms with Crippen LogP contribution in [0.3, 0.4) is 0 Å². The smallest absolute Gasteiger partial charge is 0.225 e. The Balaban J connectivity index is 2.50. The van der Waals surface area contributed by atoms with Crippen LogP contribution in [-0.4, -0.2) is 33.0 Å². The van der Waals surface area contributed by atoms with Gasteiger partial charge in [-0.15, -0.1) is 0 Å². The number of rotatable bonds is 4. The molecule has 1 aromatic rings. The Morgan fingerprint density at radius 2 is 2.43 bits per heavy atom. The molecule has 1 N–H and O–H groups in total. The normalized spacial score (nSPS) is 12.5. The third-order valence-corrected chi connectivity index (χ3v) is 2.26. The van der Waals surface area contributed by atoms with Gasteiger partial charge >= 0.3 is 0 Å². The Kier molecular flexibility index (Phi) is 3.62. The molecule has 1 heterocycles. The predicted molar refractivity (Wildman–Crippen MR) is 52.3 cm³/mol. The Hall–Kier alpha value is -1.39. The van der Waals surface area contributed by atoms with Crippen molar-refractivity contribution in [1.82, 2.24) is 20.1 Å². The molecule has 5 nitrogen and oxygen atoms in total. The number of nitrogens with one attached hydrogen (secondary N) is 1. The van der Waals surface area contributed by atoms with E-state index in [-0.39, 0.29) is 11.8 Å². The molecular weight excluding hydrogens is 180 g/mol. The highest BCUT2D eigenvalue weighted by Crippen LogP contribution is 2.06. The van der Waals surface area contributed by atoms with Crippen LogP contribution in [0.2, 0.25) is 0 Å². The Morgan fingerprint density at radius 1 is 1.71 bits per heavy atom. The van der Waals surface area contributed by atoms with E-state index in [2.05, 4.69) is 15.2 Å². The molecule has 1 rings (SSSR count). The number of carbonyl (C=O) groups excluding carboxylic acids is 1. The maximum Gasteiger partial charge on any atom is 0.225 e. The maximum atomic E-state index is 11.7. The van der Waals surface area contributed by atoms with Crippen molar-refractivity contribution in [2.75, 3.05) is 7.05 Å². The number of nitrogens with zero attached hydrogens (tertiary/aromatic N) is 3. The van der Waals surface area contributed by atoms with Gasteiger partial charge in [-0.1, -0.05) is 13.8 Å². The minimum atomic E-state index is 0.0721. The lowest BCUT2D eigenvalue weighted by Crippen LogP contribution is -2.31. The second-order valence-electron chi connectivity index (χ2n) is 3.44. The maximum absolute atomic E-state index is 11.7. The van der Waals surface area contributed by atoms with Gasteiger partial charge in [0.15, 0.2) is 0 Å². The molecule has 1 unspecified atom stereocenters. The SMILES string of the molecule is CCC(C)C(=O)N(C)Cc1ncn[nH]1. The average molecular weight is 196 g/mol. The summed E-state index contributed by atoms with van der Waals surface area (Å²) in [5.41, 5.74) is 0. The van der Waals surface area contributed by atoms with Crippen LogP contribution in [0.1, 0.15) is 26.1 Å². The van der Waals surface area contributed by atoms with E-state index in [0.29, 0.717) is 12.4 Å². The molecule has 0 saturated heterocycles. The number of hydrogen-bond donors (Lipinski definition) is 1. The zero-order valence-corrected chi connectivity index (χ0v) is 8.82. The lowest BCUT2D eigenvalue weighted by Gasteiger charge is -2.19. The highest BCUT2D eigenvalue weighted by Gasteiger charge is 2.16. The number of H-pyrrole nitrogens is 1. The van der Waals surface area contributed by atoms with Crippen LogP contribution in [0.4, 0.5) is 0 Å². The summed E-state index contributed by atoms with van der Waals surface area (Å²) < 4.78 is 0. The van der Waals surface area contributed by atoms with Gasteiger partial charge in [0.1, 0.15) is 12.2 Å². The summed E-state index contributed by atoms with van der Waals surface area (Å²) in [6.45, 7) is 4.42. The summed E-state index contributed by atoms with van der Waals surface area (Å²) in [5.74, 6) is 0.927. The van der Waals surface area contributed by atoms with Gasteiger partial charge in [-0.25, -0.2) is 4.98 Å². The first-order chi connectivity index (χ1) is 6.65. The summed E-state index contributed by atoms with van der Waals surface area (Å²) in [6, 6.07) is 0. The second-order valence-corrected chi connectivity index (χ2v) is 3.44. The summed E-state index contributed by atoms with van der Waals surface area (Å²) in [4.78, 5) is 17.3. The van der Waals surface area contributed by atoms with Gasteiger partial charge in [0.05, 0.1) is 6.54 Å². The van der Waals surface area contributed by atoms with Crippen LogP contribution in [0.25, 0.3) is 0 Å². The number of hydrogen-bond acceptors (Lipinski definition) is 3. The molecule has 5 heteroatoms. The van der Waals surface area contributed by atoms with Gasteiger partial charge in [0, 0.05) is 13.0 Å². The van der Waals surface area contributed by atoms with E-state index in [1.54, 1.807) is 11.9 Å². The Labute approximate surface area is 83.5 Å². The minimum absolute atomic E-state index is 0.0721. The molecule has 0 fully saturated rings. The largest absolute Gasteiger partial charge is 0.338 e. The van der Waals surface area contributed by atoms with Crippen molar-refractivity contribution < 1.29 is 4.79 Å². The first kappa shape index (κ1) is 10.7. The topological polar surface area (TPSA) is 61.9 Å². The van der Waals surface area contributed by atoms with Crippen molar-refractivity contribution >= 4 is 5.91 Å². The first-order valence-corrected chi connectivity index (χ1v) is 4.74. The second kappa shape index (κ2) is 4.74. The molecule has 0 aliphatic rings. The fourth-order valence-corrected chi connectivity index (χ4v) is 1.16. The summed E-state index contributed by atoms with van der Waals surface area (Å²) in [6.07, 6.45) is 2.30. The number of amides is 1. The molecule has 1 amide bonds. The van der Waals surface area contributed by atoms with Crippen LogP contribution in [-0.2, 0) is 11.3 Å². The van der Waals surface area contributed by atoms with E-state index >= 15 is 0 Å². The molecule has 1 aromatic heterocycles. The molecule has 0 saturated carbocycles. The van der Waals surface area contributed by atoms with Crippen molar-refractivity contribution in [2.45, 2.75) is 26.8 Å². The van der Waals surface area contributed by atoms with Gasteiger partial charge in [-0.05, 0) is 6.42 Å². The van der Waals surface area contributed by atoms with Crippen molar-refractivity contribution in [2.24, 2.45) is 5.92 Å². The summed E-state index contributed by atoms with van der Waals surface area (Å²) in [5, 5.41) is 6.45. The molecule has 1 atom stereocenters. The van der Waals surface area contributed by atoms with Crippen LogP contribution < -0.4 is 0 Å². The van der Waals surface area contributed by atoms with Crippen LogP contribution >= 0.6 is 0 Å². The summed E-state index contributed by atoms with van der Waals surface area (Å²) >= 11 is 0. The van der Waals surface area contributed by atoms with Crippen molar-refractivity contribution in [3.05, 3.63) is 12.2 Å². The molecular formula is C9H16N4O. The predicted octanol–water partition coefficient (Wildman–Crippen LogP) is 0.809.